The average Bonchev–Trinajstić information content (AvgIpc) is 2.82. The molecule has 0 saturated carbocycles. The number of hydrogen-bond donors (Lipinski definition) is 2. The Morgan fingerprint density at radius 2 is 2.41 bits per heavy atom. The highest BCUT2D eigenvalue weighted by Gasteiger charge is 2.13. The van der Waals surface area contributed by atoms with E-state index in [1.807, 2.05) is 13.0 Å². The Morgan fingerprint density at radius 1 is 1.65 bits per heavy atom. The Balaban J connectivity index is 2.10. The zero-order valence-electron chi connectivity index (χ0n) is 8.97. The minimum Gasteiger partial charge on any atom is -0.477 e. The second-order valence-corrected chi connectivity index (χ2v) is 6.48. The number of anilines is 1. The van der Waals surface area contributed by atoms with E-state index >= 15 is 0 Å². The number of rotatable bonds is 4. The van der Waals surface area contributed by atoms with E-state index in [4.69, 9.17) is 10.8 Å². The molecule has 2 rings (SSSR count). The molecule has 17 heavy (non-hydrogen) atoms. The molecule has 4 nitrogen and oxygen atoms in total. The number of thiophene rings is 1. The van der Waals surface area contributed by atoms with Crippen LogP contribution < -0.4 is 5.73 Å². The summed E-state index contributed by atoms with van der Waals surface area (Å²) in [5.41, 5.74) is 7.36. The first-order valence-electron chi connectivity index (χ1n) is 4.73. The summed E-state index contributed by atoms with van der Waals surface area (Å²) < 4.78 is 1.05. The Bertz CT molecular complexity index is 547. The molecule has 2 aromatic heterocycles. The number of aromatic carboxylic acids is 1. The molecule has 0 aliphatic heterocycles. The van der Waals surface area contributed by atoms with Crippen molar-refractivity contribution in [2.45, 2.75) is 16.9 Å². The Kier molecular flexibility index (Phi) is 3.70. The van der Waals surface area contributed by atoms with Gasteiger partial charge < -0.3 is 10.8 Å². The molecule has 3 N–H and O–H groups in total. The lowest BCUT2D eigenvalue weighted by atomic mass is 10.3. The molecule has 2 aromatic rings. The van der Waals surface area contributed by atoms with Crippen LogP contribution in [0.15, 0.2) is 15.7 Å². The molecule has 0 aliphatic carbocycles. The summed E-state index contributed by atoms with van der Waals surface area (Å²) in [6.45, 7) is 1.90. The summed E-state index contributed by atoms with van der Waals surface area (Å²) in [4.78, 5) is 15.5. The summed E-state index contributed by atoms with van der Waals surface area (Å²) >= 11 is 4.26. The quantitative estimate of drug-likeness (QED) is 0.845. The molecule has 0 atom stereocenters. The van der Waals surface area contributed by atoms with Gasteiger partial charge in [-0.3, -0.25) is 0 Å². The van der Waals surface area contributed by atoms with Gasteiger partial charge in [0.15, 0.2) is 5.13 Å². The van der Waals surface area contributed by atoms with Crippen LogP contribution in [0.4, 0.5) is 5.13 Å². The lowest BCUT2D eigenvalue weighted by molar-refractivity contribution is 0.0701. The third-order valence-electron chi connectivity index (χ3n) is 2.07. The van der Waals surface area contributed by atoms with Crippen LogP contribution in [0.1, 0.15) is 20.9 Å². The van der Waals surface area contributed by atoms with Crippen LogP contribution in [0.3, 0.4) is 0 Å². The summed E-state index contributed by atoms with van der Waals surface area (Å²) in [5.74, 6) is -0.232. The Hall–Kier alpha value is -1.05. The first-order valence-corrected chi connectivity index (χ1v) is 7.41. The van der Waals surface area contributed by atoms with E-state index in [9.17, 15) is 4.79 Å². The highest BCUT2D eigenvalue weighted by Crippen LogP contribution is 2.34. The van der Waals surface area contributed by atoms with Crippen molar-refractivity contribution in [3.05, 3.63) is 27.6 Å². The number of aryl methyl sites for hydroxylation is 1. The van der Waals surface area contributed by atoms with Crippen LogP contribution in [0.2, 0.25) is 0 Å². The number of carbonyl (C=O) groups is 1. The zero-order valence-corrected chi connectivity index (χ0v) is 11.4. The second kappa shape index (κ2) is 5.07. The number of aromatic nitrogens is 1. The number of hydrogen-bond acceptors (Lipinski definition) is 6. The normalized spacial score (nSPS) is 10.6. The maximum atomic E-state index is 10.9. The van der Waals surface area contributed by atoms with E-state index in [1.165, 1.54) is 22.7 Å². The molecule has 0 radical (unpaired) electrons. The second-order valence-electron chi connectivity index (χ2n) is 3.29. The Labute approximate surface area is 111 Å². The minimum absolute atomic E-state index is 0.410. The maximum absolute atomic E-state index is 10.9. The molecule has 0 saturated heterocycles. The van der Waals surface area contributed by atoms with Crippen molar-refractivity contribution in [3.8, 4) is 0 Å². The molecule has 90 valence electrons. The van der Waals surface area contributed by atoms with Crippen molar-refractivity contribution >= 4 is 45.5 Å². The number of thioether (sulfide) groups is 1. The van der Waals surface area contributed by atoms with E-state index in [-0.39, 0.29) is 0 Å². The molecule has 0 unspecified atom stereocenters. The first-order chi connectivity index (χ1) is 8.08. The molecule has 0 amide bonds. The van der Waals surface area contributed by atoms with Gasteiger partial charge in [0.05, 0.1) is 9.90 Å². The maximum Gasteiger partial charge on any atom is 0.346 e. The SMILES string of the molecule is Cc1nc(N)sc1SCc1ccsc1C(=O)O. The van der Waals surface area contributed by atoms with Gasteiger partial charge in [-0.15, -0.1) is 23.1 Å². The molecular weight excluding hydrogens is 276 g/mol. The molecule has 2 heterocycles. The van der Waals surface area contributed by atoms with Gasteiger partial charge in [0, 0.05) is 5.75 Å². The topological polar surface area (TPSA) is 76.2 Å². The number of nitrogens with two attached hydrogens (primary N) is 1. The van der Waals surface area contributed by atoms with Gasteiger partial charge in [0.1, 0.15) is 4.88 Å². The van der Waals surface area contributed by atoms with Crippen LogP contribution in [-0.2, 0) is 5.75 Å². The number of thiazole rings is 1. The van der Waals surface area contributed by atoms with Crippen LogP contribution in [-0.4, -0.2) is 16.1 Å². The number of nitrogens with zero attached hydrogens (tertiary/aromatic N) is 1. The van der Waals surface area contributed by atoms with Crippen LogP contribution in [0, 0.1) is 6.92 Å². The fourth-order valence-electron chi connectivity index (χ4n) is 1.32. The lowest BCUT2D eigenvalue weighted by Gasteiger charge is -1.99. The highest BCUT2D eigenvalue weighted by molar-refractivity contribution is 8.00. The van der Waals surface area contributed by atoms with Crippen LogP contribution in [0.5, 0.6) is 0 Å². The van der Waals surface area contributed by atoms with E-state index in [0.29, 0.717) is 15.8 Å². The number of carboxylic acids is 1. The molecule has 0 aromatic carbocycles. The molecule has 0 spiro atoms. The van der Waals surface area contributed by atoms with Gasteiger partial charge in [-0.25, -0.2) is 9.78 Å². The van der Waals surface area contributed by atoms with Crippen molar-refractivity contribution in [2.24, 2.45) is 0 Å². The number of carboxylic acid groups (broad SMARTS) is 1. The van der Waals surface area contributed by atoms with E-state index < -0.39 is 5.97 Å². The predicted octanol–water partition coefficient (Wildman–Crippen LogP) is 3.09. The fraction of sp³-hybridized carbons (Fsp3) is 0.200. The van der Waals surface area contributed by atoms with Gasteiger partial charge >= 0.3 is 5.97 Å². The van der Waals surface area contributed by atoms with Crippen molar-refractivity contribution in [1.29, 1.82) is 0 Å². The van der Waals surface area contributed by atoms with E-state index in [2.05, 4.69) is 4.98 Å². The summed E-state index contributed by atoms with van der Waals surface area (Å²) in [6, 6.07) is 1.85. The van der Waals surface area contributed by atoms with E-state index in [0.717, 1.165) is 15.5 Å². The molecule has 7 heteroatoms. The molecular formula is C10H10N2O2S3. The Morgan fingerprint density at radius 3 is 3.00 bits per heavy atom. The summed E-state index contributed by atoms with van der Waals surface area (Å²) in [7, 11) is 0. The minimum atomic E-state index is -0.865. The highest BCUT2D eigenvalue weighted by atomic mass is 32.2. The van der Waals surface area contributed by atoms with Gasteiger partial charge in [-0.1, -0.05) is 11.3 Å². The van der Waals surface area contributed by atoms with Crippen molar-refractivity contribution < 1.29 is 9.90 Å². The summed E-state index contributed by atoms with van der Waals surface area (Å²) in [5, 5.41) is 11.3. The summed E-state index contributed by atoms with van der Waals surface area (Å²) in [6.07, 6.45) is 0. The van der Waals surface area contributed by atoms with Crippen LogP contribution in [0.25, 0.3) is 0 Å². The van der Waals surface area contributed by atoms with E-state index in [1.54, 1.807) is 17.1 Å². The largest absolute Gasteiger partial charge is 0.477 e. The molecule has 0 bridgehead atoms. The van der Waals surface area contributed by atoms with Crippen molar-refractivity contribution in [3.63, 3.8) is 0 Å². The van der Waals surface area contributed by atoms with Gasteiger partial charge in [-0.2, -0.15) is 0 Å². The first kappa shape index (κ1) is 12.4. The average molecular weight is 286 g/mol. The third-order valence-corrected chi connectivity index (χ3v) is 5.41. The lowest BCUT2D eigenvalue weighted by Crippen LogP contribution is -1.96. The van der Waals surface area contributed by atoms with Crippen LogP contribution >= 0.6 is 34.4 Å². The number of nitrogen functional groups attached to an aromatic ring is 1. The monoisotopic (exact) mass is 286 g/mol. The predicted molar refractivity (Wildman–Crippen MR) is 72.1 cm³/mol. The standard InChI is InChI=1S/C10H10N2O2S3/c1-5-9(17-10(11)12-5)16-4-6-2-3-15-7(6)8(13)14/h2-3H,4H2,1H3,(H2,11,12)(H,13,14). The zero-order chi connectivity index (χ0) is 12.4. The molecule has 0 aliphatic rings. The third kappa shape index (κ3) is 2.80. The van der Waals surface area contributed by atoms with Gasteiger partial charge in [-0.05, 0) is 23.9 Å². The van der Waals surface area contributed by atoms with Gasteiger partial charge in [0.25, 0.3) is 0 Å². The van der Waals surface area contributed by atoms with Crippen molar-refractivity contribution in [1.82, 2.24) is 4.98 Å². The van der Waals surface area contributed by atoms with Gasteiger partial charge in [0.2, 0.25) is 0 Å². The molecule has 0 fully saturated rings. The fourth-order valence-corrected chi connectivity index (χ4v) is 4.19. The smallest absolute Gasteiger partial charge is 0.346 e. The van der Waals surface area contributed by atoms with Crippen molar-refractivity contribution in [2.75, 3.05) is 5.73 Å².